The van der Waals surface area contributed by atoms with E-state index in [1.807, 2.05) is 6.92 Å². The maximum absolute atomic E-state index is 10.3. The summed E-state index contributed by atoms with van der Waals surface area (Å²) in [6.45, 7) is 3.43. The second-order valence-electron chi connectivity index (χ2n) is 1.40. The lowest BCUT2D eigenvalue weighted by molar-refractivity contribution is -0.117. The van der Waals surface area contributed by atoms with Gasteiger partial charge in [-0.15, -0.1) is 0 Å². The van der Waals surface area contributed by atoms with Gasteiger partial charge in [-0.1, -0.05) is 30.9 Å². The number of rotatable bonds is 1. The van der Waals surface area contributed by atoms with E-state index in [4.69, 9.17) is 12.2 Å². The van der Waals surface area contributed by atoms with Gasteiger partial charge in [-0.05, 0) is 5.75 Å². The molecule has 0 saturated carbocycles. The first kappa shape index (κ1) is 8.91. The second-order valence-corrected chi connectivity index (χ2v) is 3.34. The van der Waals surface area contributed by atoms with Crippen molar-refractivity contribution in [2.45, 2.75) is 13.8 Å². The van der Waals surface area contributed by atoms with Gasteiger partial charge in [-0.3, -0.25) is 4.79 Å². The Kier molecular flexibility index (Phi) is 4.71. The highest BCUT2D eigenvalue weighted by molar-refractivity contribution is 8.23. The zero-order valence-corrected chi connectivity index (χ0v) is 7.06. The Balaban J connectivity index is 3.39. The number of hydrogen-bond donors (Lipinski definition) is 1. The Bertz CT molecular complexity index is 124. The summed E-state index contributed by atoms with van der Waals surface area (Å²) in [6.07, 6.45) is 0. The summed E-state index contributed by atoms with van der Waals surface area (Å²) in [5.41, 5.74) is 0. The van der Waals surface area contributed by atoms with Gasteiger partial charge < -0.3 is 5.32 Å². The van der Waals surface area contributed by atoms with Gasteiger partial charge in [0.2, 0.25) is 5.91 Å². The van der Waals surface area contributed by atoms with Gasteiger partial charge in [0.25, 0.3) is 0 Å². The van der Waals surface area contributed by atoms with Crippen molar-refractivity contribution in [1.29, 1.82) is 0 Å². The molecular weight excluding hydrogens is 154 g/mol. The molecule has 52 valence electrons. The normalized spacial score (nSPS) is 8.67. The lowest BCUT2D eigenvalue weighted by Gasteiger charge is -1.98. The van der Waals surface area contributed by atoms with E-state index in [-0.39, 0.29) is 5.91 Å². The maximum atomic E-state index is 10.3. The number of carbonyl (C=O) groups excluding carboxylic acids is 1. The highest BCUT2D eigenvalue weighted by Crippen LogP contribution is 1.98. The Morgan fingerprint density at radius 1 is 1.78 bits per heavy atom. The van der Waals surface area contributed by atoms with Crippen molar-refractivity contribution in [1.82, 2.24) is 5.32 Å². The summed E-state index contributed by atoms with van der Waals surface area (Å²) in [5, 5.41) is 2.50. The van der Waals surface area contributed by atoms with Crippen molar-refractivity contribution in [3.63, 3.8) is 0 Å². The molecule has 0 aliphatic carbocycles. The molecule has 0 unspecified atom stereocenters. The molecule has 0 spiro atoms. The first-order valence-corrected chi connectivity index (χ1v) is 4.00. The minimum Gasteiger partial charge on any atom is -0.312 e. The van der Waals surface area contributed by atoms with Crippen molar-refractivity contribution in [2.75, 3.05) is 5.75 Å². The van der Waals surface area contributed by atoms with Gasteiger partial charge in [0.15, 0.2) is 0 Å². The third kappa shape index (κ3) is 5.79. The molecule has 9 heavy (non-hydrogen) atoms. The SMILES string of the molecule is CCSC(=S)NC(C)=O. The lowest BCUT2D eigenvalue weighted by atomic mass is 10.7. The monoisotopic (exact) mass is 163 g/mol. The molecule has 4 heteroatoms. The molecule has 0 aromatic rings. The van der Waals surface area contributed by atoms with Gasteiger partial charge in [0.1, 0.15) is 4.32 Å². The average Bonchev–Trinajstić information content (AvgIpc) is 1.63. The van der Waals surface area contributed by atoms with E-state index in [2.05, 4.69) is 5.32 Å². The molecule has 1 amide bonds. The average molecular weight is 163 g/mol. The van der Waals surface area contributed by atoms with Crippen molar-refractivity contribution in [2.24, 2.45) is 0 Å². The van der Waals surface area contributed by atoms with Gasteiger partial charge in [0.05, 0.1) is 0 Å². The predicted molar refractivity (Wildman–Crippen MR) is 44.5 cm³/mol. The Morgan fingerprint density at radius 3 is 2.67 bits per heavy atom. The summed E-state index contributed by atoms with van der Waals surface area (Å²) in [5.74, 6) is 0.806. The quantitative estimate of drug-likeness (QED) is 0.588. The van der Waals surface area contributed by atoms with Crippen LogP contribution in [0.3, 0.4) is 0 Å². The van der Waals surface area contributed by atoms with Gasteiger partial charge >= 0.3 is 0 Å². The molecule has 1 N–H and O–H groups in total. The van der Waals surface area contributed by atoms with E-state index in [1.54, 1.807) is 0 Å². The number of hydrogen-bond acceptors (Lipinski definition) is 3. The molecular formula is C5H9NOS2. The smallest absolute Gasteiger partial charge is 0.222 e. The van der Waals surface area contributed by atoms with E-state index in [9.17, 15) is 4.79 Å². The minimum atomic E-state index is -0.0963. The van der Waals surface area contributed by atoms with E-state index >= 15 is 0 Å². The molecule has 0 rings (SSSR count). The fraction of sp³-hybridized carbons (Fsp3) is 0.600. The molecule has 0 fully saturated rings. The molecule has 0 aliphatic heterocycles. The van der Waals surface area contributed by atoms with Crippen LogP contribution in [0.2, 0.25) is 0 Å². The van der Waals surface area contributed by atoms with Crippen LogP contribution in [0.1, 0.15) is 13.8 Å². The van der Waals surface area contributed by atoms with E-state index in [0.29, 0.717) is 4.32 Å². The fourth-order valence-electron chi connectivity index (χ4n) is 0.311. The van der Waals surface area contributed by atoms with E-state index in [1.165, 1.54) is 18.7 Å². The summed E-state index contributed by atoms with van der Waals surface area (Å²) < 4.78 is 0.560. The maximum Gasteiger partial charge on any atom is 0.222 e. The number of nitrogens with one attached hydrogen (secondary N) is 1. The van der Waals surface area contributed by atoms with Crippen molar-refractivity contribution in [3.8, 4) is 0 Å². The summed E-state index contributed by atoms with van der Waals surface area (Å²) in [7, 11) is 0. The molecule has 0 aromatic heterocycles. The zero-order chi connectivity index (χ0) is 7.28. The molecule has 0 aliphatic rings. The van der Waals surface area contributed by atoms with Crippen LogP contribution >= 0.6 is 24.0 Å². The number of carbonyl (C=O) groups is 1. The van der Waals surface area contributed by atoms with Crippen LogP contribution < -0.4 is 5.32 Å². The van der Waals surface area contributed by atoms with Gasteiger partial charge in [-0.25, -0.2) is 0 Å². The highest BCUT2D eigenvalue weighted by Gasteiger charge is 1.95. The number of thiocarbonyl (C=S) groups is 1. The second kappa shape index (κ2) is 4.76. The predicted octanol–water partition coefficient (Wildman–Crippen LogP) is 1.16. The fourth-order valence-corrected chi connectivity index (χ4v) is 1.29. The van der Waals surface area contributed by atoms with Crippen LogP contribution in [0, 0.1) is 0 Å². The van der Waals surface area contributed by atoms with Crippen LogP contribution in [0.15, 0.2) is 0 Å². The van der Waals surface area contributed by atoms with Crippen LogP contribution in [0.25, 0.3) is 0 Å². The number of amides is 1. The highest BCUT2D eigenvalue weighted by atomic mass is 32.2. The third-order valence-corrected chi connectivity index (χ3v) is 1.66. The van der Waals surface area contributed by atoms with Crippen molar-refractivity contribution in [3.05, 3.63) is 0 Å². The van der Waals surface area contributed by atoms with Gasteiger partial charge in [0, 0.05) is 6.92 Å². The molecule has 0 aromatic carbocycles. The van der Waals surface area contributed by atoms with Crippen molar-refractivity contribution < 1.29 is 4.79 Å². The standard InChI is InChI=1S/C5H9NOS2/c1-3-9-5(8)6-4(2)7/h3H2,1-2H3,(H,6,7,8). The molecule has 0 bridgehead atoms. The molecule has 0 heterocycles. The van der Waals surface area contributed by atoms with Gasteiger partial charge in [-0.2, -0.15) is 0 Å². The Morgan fingerprint density at radius 2 is 2.33 bits per heavy atom. The molecule has 0 radical (unpaired) electrons. The van der Waals surface area contributed by atoms with E-state index < -0.39 is 0 Å². The Hall–Kier alpha value is -0.0900. The molecule has 0 atom stereocenters. The summed E-state index contributed by atoms with van der Waals surface area (Å²) in [4.78, 5) is 10.3. The van der Waals surface area contributed by atoms with Crippen LogP contribution in [-0.4, -0.2) is 16.0 Å². The largest absolute Gasteiger partial charge is 0.312 e. The topological polar surface area (TPSA) is 29.1 Å². The van der Waals surface area contributed by atoms with Crippen LogP contribution in [-0.2, 0) is 4.79 Å². The summed E-state index contributed by atoms with van der Waals surface area (Å²) in [6, 6.07) is 0. The zero-order valence-electron chi connectivity index (χ0n) is 5.43. The summed E-state index contributed by atoms with van der Waals surface area (Å²) >= 11 is 6.22. The molecule has 0 saturated heterocycles. The lowest BCUT2D eigenvalue weighted by Crippen LogP contribution is -2.23. The first-order chi connectivity index (χ1) is 4.16. The number of thioether (sulfide) groups is 1. The van der Waals surface area contributed by atoms with Crippen LogP contribution in [0.4, 0.5) is 0 Å². The minimum absolute atomic E-state index is 0.0963. The Labute approximate surface area is 64.4 Å². The van der Waals surface area contributed by atoms with Crippen molar-refractivity contribution >= 4 is 34.2 Å². The molecule has 2 nitrogen and oxygen atoms in total. The third-order valence-electron chi connectivity index (χ3n) is 0.554. The van der Waals surface area contributed by atoms with E-state index in [0.717, 1.165) is 5.75 Å². The van der Waals surface area contributed by atoms with Crippen LogP contribution in [0.5, 0.6) is 0 Å². The first-order valence-electron chi connectivity index (χ1n) is 2.61.